The monoisotopic (exact) mass is 308 g/mol. The molecule has 108 valence electrons. The molecule has 0 radical (unpaired) electrons. The highest BCUT2D eigenvalue weighted by Crippen LogP contribution is 2.22. The second-order valence-electron chi connectivity index (χ2n) is 4.19. The first-order chi connectivity index (χ1) is 9.88. The predicted octanol–water partition coefficient (Wildman–Crippen LogP) is 3.01. The molecule has 0 atom stereocenters. The molecule has 2 aromatic carbocycles. The van der Waals surface area contributed by atoms with Crippen molar-refractivity contribution in [3.8, 4) is 0 Å². The summed E-state index contributed by atoms with van der Waals surface area (Å²) in [6, 6.07) is 7.57. The standard InChI is InChI=1S/C14H10ClFN2O3/c15-8-2-4-12(9(6-8)14(20)21)18-13(19)7-1-3-11(17)10(16)5-7/h1-6H,17H2,(H,18,19)(H,20,21). The Morgan fingerprint density at radius 2 is 1.90 bits per heavy atom. The Bertz CT molecular complexity index is 734. The lowest BCUT2D eigenvalue weighted by Gasteiger charge is -2.09. The fourth-order valence-electron chi connectivity index (χ4n) is 1.67. The molecule has 0 fully saturated rings. The van der Waals surface area contributed by atoms with Gasteiger partial charge in [0.15, 0.2) is 0 Å². The average molecular weight is 309 g/mol. The maximum absolute atomic E-state index is 13.3. The van der Waals surface area contributed by atoms with Crippen LogP contribution in [0.4, 0.5) is 15.8 Å². The molecule has 0 aliphatic carbocycles. The molecule has 0 saturated carbocycles. The van der Waals surface area contributed by atoms with Crippen LogP contribution in [0.2, 0.25) is 5.02 Å². The Balaban J connectivity index is 2.31. The van der Waals surface area contributed by atoms with E-state index >= 15 is 0 Å². The molecular weight excluding hydrogens is 299 g/mol. The van der Waals surface area contributed by atoms with Crippen molar-refractivity contribution in [1.82, 2.24) is 0 Å². The number of carboxylic acid groups (broad SMARTS) is 1. The van der Waals surface area contributed by atoms with E-state index in [-0.39, 0.29) is 27.5 Å². The molecule has 0 spiro atoms. The highest BCUT2D eigenvalue weighted by Gasteiger charge is 2.15. The Hall–Kier alpha value is -2.60. The number of nitrogens with one attached hydrogen (secondary N) is 1. The number of carbonyl (C=O) groups is 2. The molecule has 0 bridgehead atoms. The van der Waals surface area contributed by atoms with Crippen LogP contribution in [0.15, 0.2) is 36.4 Å². The van der Waals surface area contributed by atoms with Gasteiger partial charge in [0.25, 0.3) is 5.91 Å². The van der Waals surface area contributed by atoms with Gasteiger partial charge in [-0.05, 0) is 36.4 Å². The summed E-state index contributed by atoms with van der Waals surface area (Å²) in [5.41, 5.74) is 5.17. The Morgan fingerprint density at radius 1 is 1.19 bits per heavy atom. The lowest BCUT2D eigenvalue weighted by atomic mass is 10.1. The topological polar surface area (TPSA) is 92.4 Å². The predicted molar refractivity (Wildman–Crippen MR) is 77.2 cm³/mol. The fraction of sp³-hybridized carbons (Fsp3) is 0. The van der Waals surface area contributed by atoms with E-state index in [1.54, 1.807) is 0 Å². The number of aromatic carboxylic acids is 1. The molecule has 5 nitrogen and oxygen atoms in total. The number of rotatable bonds is 3. The lowest BCUT2D eigenvalue weighted by molar-refractivity contribution is 0.0698. The summed E-state index contributed by atoms with van der Waals surface area (Å²) in [4.78, 5) is 23.1. The molecule has 0 aromatic heterocycles. The summed E-state index contributed by atoms with van der Waals surface area (Å²) in [6.07, 6.45) is 0. The van der Waals surface area contributed by atoms with Gasteiger partial charge in [0.05, 0.1) is 16.9 Å². The summed E-state index contributed by atoms with van der Waals surface area (Å²) in [5.74, 6) is -2.62. The summed E-state index contributed by atoms with van der Waals surface area (Å²) in [5, 5.41) is 11.7. The molecule has 0 heterocycles. The third-order valence-electron chi connectivity index (χ3n) is 2.72. The molecule has 1 amide bonds. The van der Waals surface area contributed by atoms with Crippen LogP contribution in [-0.4, -0.2) is 17.0 Å². The van der Waals surface area contributed by atoms with Crippen LogP contribution < -0.4 is 11.1 Å². The third kappa shape index (κ3) is 3.29. The van der Waals surface area contributed by atoms with E-state index in [0.29, 0.717) is 0 Å². The van der Waals surface area contributed by atoms with E-state index < -0.39 is 17.7 Å². The van der Waals surface area contributed by atoms with Crippen molar-refractivity contribution in [3.63, 3.8) is 0 Å². The average Bonchev–Trinajstić information content (AvgIpc) is 2.43. The molecule has 7 heteroatoms. The van der Waals surface area contributed by atoms with Gasteiger partial charge in [-0.1, -0.05) is 11.6 Å². The van der Waals surface area contributed by atoms with Gasteiger partial charge in [-0.2, -0.15) is 0 Å². The molecule has 2 aromatic rings. The summed E-state index contributed by atoms with van der Waals surface area (Å²) < 4.78 is 13.3. The first-order valence-corrected chi connectivity index (χ1v) is 6.15. The fourth-order valence-corrected chi connectivity index (χ4v) is 1.84. The van der Waals surface area contributed by atoms with Crippen LogP contribution in [0.1, 0.15) is 20.7 Å². The van der Waals surface area contributed by atoms with Crippen molar-refractivity contribution in [1.29, 1.82) is 0 Å². The van der Waals surface area contributed by atoms with Crippen LogP contribution in [0.25, 0.3) is 0 Å². The van der Waals surface area contributed by atoms with Crippen molar-refractivity contribution in [2.75, 3.05) is 11.1 Å². The minimum atomic E-state index is -1.24. The Morgan fingerprint density at radius 3 is 2.52 bits per heavy atom. The van der Waals surface area contributed by atoms with Gasteiger partial charge in [0, 0.05) is 10.6 Å². The van der Waals surface area contributed by atoms with Crippen molar-refractivity contribution in [2.45, 2.75) is 0 Å². The maximum atomic E-state index is 13.3. The minimum absolute atomic E-state index is 0.0213. The molecule has 0 unspecified atom stereocenters. The van der Waals surface area contributed by atoms with Crippen LogP contribution in [-0.2, 0) is 0 Å². The van der Waals surface area contributed by atoms with Gasteiger partial charge < -0.3 is 16.2 Å². The zero-order chi connectivity index (χ0) is 15.6. The van der Waals surface area contributed by atoms with Crippen LogP contribution >= 0.6 is 11.6 Å². The number of nitrogen functional groups attached to an aromatic ring is 1. The van der Waals surface area contributed by atoms with E-state index in [1.165, 1.54) is 30.3 Å². The number of anilines is 2. The lowest BCUT2D eigenvalue weighted by Crippen LogP contribution is -2.15. The van der Waals surface area contributed by atoms with E-state index in [0.717, 1.165) is 6.07 Å². The number of carboxylic acids is 1. The summed E-state index contributed by atoms with van der Waals surface area (Å²) in [7, 11) is 0. The van der Waals surface area contributed by atoms with Crippen molar-refractivity contribution >= 4 is 34.9 Å². The third-order valence-corrected chi connectivity index (χ3v) is 2.96. The number of hydrogen-bond acceptors (Lipinski definition) is 3. The van der Waals surface area contributed by atoms with Crippen molar-refractivity contribution < 1.29 is 19.1 Å². The van der Waals surface area contributed by atoms with E-state index in [1.807, 2.05) is 0 Å². The molecule has 0 aliphatic rings. The maximum Gasteiger partial charge on any atom is 0.337 e. The number of benzene rings is 2. The first kappa shape index (κ1) is 14.8. The highest BCUT2D eigenvalue weighted by atomic mass is 35.5. The first-order valence-electron chi connectivity index (χ1n) is 5.77. The second-order valence-corrected chi connectivity index (χ2v) is 4.62. The minimum Gasteiger partial charge on any atom is -0.478 e. The number of hydrogen-bond donors (Lipinski definition) is 3. The largest absolute Gasteiger partial charge is 0.478 e. The van der Waals surface area contributed by atoms with Gasteiger partial charge in [0.1, 0.15) is 5.82 Å². The second kappa shape index (κ2) is 5.80. The molecule has 0 aliphatic heterocycles. The van der Waals surface area contributed by atoms with Crippen LogP contribution in [0.3, 0.4) is 0 Å². The van der Waals surface area contributed by atoms with E-state index in [2.05, 4.69) is 5.32 Å². The van der Waals surface area contributed by atoms with Crippen LogP contribution in [0.5, 0.6) is 0 Å². The smallest absolute Gasteiger partial charge is 0.337 e. The van der Waals surface area contributed by atoms with E-state index in [4.69, 9.17) is 22.4 Å². The normalized spacial score (nSPS) is 10.2. The number of carbonyl (C=O) groups excluding carboxylic acids is 1. The van der Waals surface area contributed by atoms with Gasteiger partial charge in [-0.15, -0.1) is 0 Å². The van der Waals surface area contributed by atoms with Gasteiger partial charge in [-0.3, -0.25) is 4.79 Å². The molecule has 2 rings (SSSR count). The Labute approximate surface area is 124 Å². The van der Waals surface area contributed by atoms with Gasteiger partial charge >= 0.3 is 5.97 Å². The summed E-state index contributed by atoms with van der Waals surface area (Å²) >= 11 is 5.71. The van der Waals surface area contributed by atoms with Crippen LogP contribution in [0, 0.1) is 5.82 Å². The molecular formula is C14H10ClFN2O3. The quantitative estimate of drug-likeness (QED) is 0.760. The SMILES string of the molecule is Nc1ccc(C(=O)Nc2ccc(Cl)cc2C(=O)O)cc1F. The highest BCUT2D eigenvalue weighted by molar-refractivity contribution is 6.31. The molecule has 4 N–H and O–H groups in total. The zero-order valence-corrected chi connectivity index (χ0v) is 11.3. The van der Waals surface area contributed by atoms with Crippen molar-refractivity contribution in [3.05, 3.63) is 58.4 Å². The number of halogens is 2. The van der Waals surface area contributed by atoms with Gasteiger partial charge in [-0.25, -0.2) is 9.18 Å². The Kier molecular flexibility index (Phi) is 4.09. The van der Waals surface area contributed by atoms with E-state index in [9.17, 15) is 14.0 Å². The van der Waals surface area contributed by atoms with Gasteiger partial charge in [0.2, 0.25) is 0 Å². The molecule has 0 saturated heterocycles. The number of amides is 1. The van der Waals surface area contributed by atoms with Crippen molar-refractivity contribution in [2.24, 2.45) is 0 Å². The zero-order valence-electron chi connectivity index (χ0n) is 10.6. The summed E-state index contributed by atoms with van der Waals surface area (Å²) in [6.45, 7) is 0. The molecule has 21 heavy (non-hydrogen) atoms. The number of nitrogens with two attached hydrogens (primary N) is 1.